The van der Waals surface area contributed by atoms with E-state index in [-0.39, 0.29) is 17.9 Å². The van der Waals surface area contributed by atoms with Crippen molar-refractivity contribution in [1.82, 2.24) is 35.4 Å². The van der Waals surface area contributed by atoms with Crippen LogP contribution in [0.4, 0.5) is 5.95 Å². The largest absolute Gasteiger partial charge is 0.289 e. The summed E-state index contributed by atoms with van der Waals surface area (Å²) in [6.07, 6.45) is 1.56. The maximum Gasteiger partial charge on any atom is 0.258 e. The fraction of sp³-hybridized carbons (Fsp3) is 0.238. The Labute approximate surface area is 173 Å². The molecule has 0 saturated carbocycles. The summed E-state index contributed by atoms with van der Waals surface area (Å²) in [4.78, 5) is 18.4. The van der Waals surface area contributed by atoms with Crippen molar-refractivity contribution in [1.29, 1.82) is 0 Å². The number of H-pyrrole nitrogens is 1. The normalized spacial score (nSPS) is 11.0. The number of benzene rings is 2. The Kier molecular flexibility index (Phi) is 5.60. The van der Waals surface area contributed by atoms with Gasteiger partial charge < -0.3 is 0 Å². The number of carbonyl (C=O) groups is 1. The van der Waals surface area contributed by atoms with Gasteiger partial charge in [-0.1, -0.05) is 42.5 Å². The van der Waals surface area contributed by atoms with E-state index >= 15 is 0 Å². The number of hydrogen-bond donors (Lipinski definition) is 2. The summed E-state index contributed by atoms with van der Waals surface area (Å²) >= 11 is 0. The minimum atomic E-state index is -0.283. The molecule has 9 nitrogen and oxygen atoms in total. The number of aryl methyl sites for hydroxylation is 2. The highest BCUT2D eigenvalue weighted by molar-refractivity contribution is 6.03. The first kappa shape index (κ1) is 19.4. The Hall–Kier alpha value is -3.88. The van der Waals surface area contributed by atoms with Crippen molar-refractivity contribution in [2.45, 2.75) is 32.7 Å². The van der Waals surface area contributed by atoms with E-state index in [0.717, 1.165) is 17.8 Å². The van der Waals surface area contributed by atoms with Crippen molar-refractivity contribution >= 4 is 11.9 Å². The Morgan fingerprint density at radius 3 is 2.53 bits per heavy atom. The summed E-state index contributed by atoms with van der Waals surface area (Å²) in [5.74, 6) is 1.22. The fourth-order valence-electron chi connectivity index (χ4n) is 2.87. The van der Waals surface area contributed by atoms with Crippen LogP contribution in [0.25, 0.3) is 11.4 Å². The number of rotatable bonds is 7. The first-order valence-corrected chi connectivity index (χ1v) is 9.75. The molecule has 0 saturated heterocycles. The molecule has 0 aliphatic rings. The predicted octanol–water partition coefficient (Wildman–Crippen LogP) is 3.08. The van der Waals surface area contributed by atoms with E-state index in [1.807, 2.05) is 32.0 Å². The Balaban J connectivity index is 1.36. The molecule has 152 valence electrons. The molecule has 4 aromatic rings. The third-order valence-electron chi connectivity index (χ3n) is 4.55. The number of aromatic amines is 1. The molecule has 0 unspecified atom stereocenters. The highest BCUT2D eigenvalue weighted by Crippen LogP contribution is 2.16. The molecular formula is C21H22N8O. The number of anilines is 1. The minimum Gasteiger partial charge on any atom is -0.289 e. The van der Waals surface area contributed by atoms with Gasteiger partial charge in [0.15, 0.2) is 0 Å². The van der Waals surface area contributed by atoms with E-state index in [4.69, 9.17) is 0 Å². The van der Waals surface area contributed by atoms with E-state index in [2.05, 4.69) is 48.0 Å². The molecule has 0 radical (unpaired) electrons. The molecule has 2 heterocycles. The molecule has 2 aromatic carbocycles. The predicted molar refractivity (Wildman–Crippen MR) is 112 cm³/mol. The maximum atomic E-state index is 12.5. The first-order chi connectivity index (χ1) is 14.6. The van der Waals surface area contributed by atoms with E-state index in [0.29, 0.717) is 17.8 Å². The van der Waals surface area contributed by atoms with Gasteiger partial charge in [-0.2, -0.15) is 9.78 Å². The highest BCUT2D eigenvalue weighted by atomic mass is 16.1. The van der Waals surface area contributed by atoms with Gasteiger partial charge >= 0.3 is 0 Å². The molecule has 4 rings (SSSR count). The lowest BCUT2D eigenvalue weighted by molar-refractivity contribution is 0.102. The van der Waals surface area contributed by atoms with Crippen LogP contribution in [0, 0.1) is 0 Å². The molecule has 0 aliphatic heterocycles. The lowest BCUT2D eigenvalue weighted by Gasteiger charge is -2.02. The second-order valence-electron chi connectivity index (χ2n) is 7.15. The van der Waals surface area contributed by atoms with Gasteiger partial charge in [0.25, 0.3) is 5.91 Å². The zero-order chi connectivity index (χ0) is 20.9. The second kappa shape index (κ2) is 8.64. The van der Waals surface area contributed by atoms with Gasteiger partial charge in [0.05, 0.1) is 6.04 Å². The summed E-state index contributed by atoms with van der Waals surface area (Å²) in [5, 5.41) is 22.1. The summed E-state index contributed by atoms with van der Waals surface area (Å²) in [7, 11) is 0. The van der Waals surface area contributed by atoms with Gasteiger partial charge in [-0.15, -0.1) is 15.3 Å². The summed E-state index contributed by atoms with van der Waals surface area (Å²) < 4.78 is 0. The van der Waals surface area contributed by atoms with Crippen molar-refractivity contribution in [2.75, 3.05) is 5.32 Å². The standard InChI is InChI=1S/C21H22N8O/c1-14(2)29-27-19(25-28-29)16-9-11-17(12-10-16)20(30)23-21-22-18(24-26-21)13-8-15-6-4-3-5-7-15/h3-7,9-12,14H,8,13H2,1-2H3,(H2,22,23,24,26,30). The van der Waals surface area contributed by atoms with E-state index in [1.54, 1.807) is 29.1 Å². The molecule has 1 amide bonds. The maximum absolute atomic E-state index is 12.5. The van der Waals surface area contributed by atoms with Gasteiger partial charge in [0.2, 0.25) is 11.8 Å². The van der Waals surface area contributed by atoms with Crippen LogP contribution in [0.3, 0.4) is 0 Å². The number of amides is 1. The van der Waals surface area contributed by atoms with Crippen LogP contribution in [0.2, 0.25) is 0 Å². The van der Waals surface area contributed by atoms with Crippen molar-refractivity contribution in [2.24, 2.45) is 0 Å². The van der Waals surface area contributed by atoms with Crippen molar-refractivity contribution in [3.05, 3.63) is 71.5 Å². The summed E-state index contributed by atoms with van der Waals surface area (Å²) in [5.41, 5.74) is 2.51. The highest BCUT2D eigenvalue weighted by Gasteiger charge is 2.12. The topological polar surface area (TPSA) is 114 Å². The monoisotopic (exact) mass is 402 g/mol. The molecule has 0 aliphatic carbocycles. The fourth-order valence-corrected chi connectivity index (χ4v) is 2.87. The van der Waals surface area contributed by atoms with Crippen molar-refractivity contribution < 1.29 is 4.79 Å². The number of nitrogens with zero attached hydrogens (tertiary/aromatic N) is 6. The van der Waals surface area contributed by atoms with Gasteiger partial charge in [0, 0.05) is 17.5 Å². The van der Waals surface area contributed by atoms with E-state index in [9.17, 15) is 4.79 Å². The smallest absolute Gasteiger partial charge is 0.258 e. The molecule has 30 heavy (non-hydrogen) atoms. The van der Waals surface area contributed by atoms with Crippen LogP contribution in [0.1, 0.15) is 41.6 Å². The average Bonchev–Trinajstić information content (AvgIpc) is 3.43. The lowest BCUT2D eigenvalue weighted by atomic mass is 10.1. The van der Waals surface area contributed by atoms with Gasteiger partial charge in [-0.3, -0.25) is 15.2 Å². The van der Waals surface area contributed by atoms with Crippen LogP contribution < -0.4 is 5.32 Å². The average molecular weight is 402 g/mol. The number of nitrogens with one attached hydrogen (secondary N) is 2. The summed E-state index contributed by atoms with van der Waals surface area (Å²) in [6, 6.07) is 17.3. The first-order valence-electron chi connectivity index (χ1n) is 9.75. The van der Waals surface area contributed by atoms with Crippen molar-refractivity contribution in [3.63, 3.8) is 0 Å². The molecule has 2 aromatic heterocycles. The molecular weight excluding hydrogens is 380 g/mol. The molecule has 0 bridgehead atoms. The molecule has 9 heteroatoms. The molecule has 0 spiro atoms. The van der Waals surface area contributed by atoms with Gasteiger partial charge in [-0.05, 0) is 43.2 Å². The minimum absolute atomic E-state index is 0.134. The van der Waals surface area contributed by atoms with Crippen LogP contribution in [0.15, 0.2) is 54.6 Å². The second-order valence-corrected chi connectivity index (χ2v) is 7.15. The molecule has 0 fully saturated rings. The quantitative estimate of drug-likeness (QED) is 0.491. The zero-order valence-electron chi connectivity index (χ0n) is 16.8. The number of aromatic nitrogens is 7. The summed E-state index contributed by atoms with van der Waals surface area (Å²) in [6.45, 7) is 3.96. The third-order valence-corrected chi connectivity index (χ3v) is 4.55. The number of tetrazole rings is 1. The third kappa shape index (κ3) is 4.57. The zero-order valence-corrected chi connectivity index (χ0v) is 16.8. The Bertz CT molecular complexity index is 1120. The van der Waals surface area contributed by atoms with Crippen LogP contribution in [-0.2, 0) is 12.8 Å². The molecule has 0 atom stereocenters. The number of carbonyl (C=O) groups excluding carboxylic acids is 1. The number of hydrogen-bond acceptors (Lipinski definition) is 6. The Morgan fingerprint density at radius 2 is 1.83 bits per heavy atom. The van der Waals surface area contributed by atoms with Gasteiger partial charge in [0.1, 0.15) is 5.82 Å². The molecule has 2 N–H and O–H groups in total. The van der Waals surface area contributed by atoms with Gasteiger partial charge in [-0.25, -0.2) is 0 Å². The van der Waals surface area contributed by atoms with Crippen LogP contribution in [-0.4, -0.2) is 41.3 Å². The van der Waals surface area contributed by atoms with E-state index in [1.165, 1.54) is 5.56 Å². The van der Waals surface area contributed by atoms with Crippen molar-refractivity contribution in [3.8, 4) is 11.4 Å². The lowest BCUT2D eigenvalue weighted by Crippen LogP contribution is -2.13. The van der Waals surface area contributed by atoms with Crippen LogP contribution in [0.5, 0.6) is 0 Å². The SMILES string of the molecule is CC(C)n1nnc(-c2ccc(C(=O)Nc3n[nH]c(CCc4ccccc4)n3)cc2)n1. The Morgan fingerprint density at radius 1 is 1.07 bits per heavy atom. The van der Waals surface area contributed by atoms with E-state index < -0.39 is 0 Å². The van der Waals surface area contributed by atoms with Crippen LogP contribution >= 0.6 is 0 Å².